The first-order chi connectivity index (χ1) is 13.0. The number of carbonyl (C=O) groups is 1. The number of aromatic nitrogens is 2. The van der Waals surface area contributed by atoms with E-state index in [4.69, 9.17) is 4.98 Å². The molecule has 0 saturated carbocycles. The van der Waals surface area contributed by atoms with E-state index in [-0.39, 0.29) is 11.5 Å². The Kier molecular flexibility index (Phi) is 5.06. The number of nitrogens with one attached hydrogen (secondary N) is 1. The highest BCUT2D eigenvalue weighted by atomic mass is 32.2. The standard InChI is InChI=1S/C20H21N3O2S2/c1-23(2)19(25)16(12-8-4-3-5-9-12)27-20-21-17(24)15-13-10-6-7-11-14(13)26-18(15)22-20/h3-5,8-9,16H,6-7,10-11H2,1-2H3,(H,21,22,24)/t16-/m1/s1. The first kappa shape index (κ1) is 18.3. The summed E-state index contributed by atoms with van der Waals surface area (Å²) in [6.07, 6.45) is 4.29. The van der Waals surface area contributed by atoms with Crippen molar-refractivity contribution in [1.29, 1.82) is 0 Å². The van der Waals surface area contributed by atoms with Crippen LogP contribution in [-0.4, -0.2) is 34.9 Å². The molecule has 0 unspecified atom stereocenters. The molecule has 140 valence electrons. The molecule has 1 N–H and O–H groups in total. The summed E-state index contributed by atoms with van der Waals surface area (Å²) in [5, 5.41) is 0.792. The van der Waals surface area contributed by atoms with Gasteiger partial charge in [-0.05, 0) is 36.8 Å². The molecule has 0 spiro atoms. The summed E-state index contributed by atoms with van der Waals surface area (Å²) in [6.45, 7) is 0. The van der Waals surface area contributed by atoms with Crippen LogP contribution < -0.4 is 5.56 Å². The van der Waals surface area contributed by atoms with Crippen LogP contribution in [0.5, 0.6) is 0 Å². The molecule has 4 rings (SSSR count). The van der Waals surface area contributed by atoms with Crippen molar-refractivity contribution in [3.8, 4) is 0 Å². The van der Waals surface area contributed by atoms with Gasteiger partial charge in [-0.2, -0.15) is 0 Å². The molecular weight excluding hydrogens is 378 g/mol. The van der Waals surface area contributed by atoms with E-state index in [1.54, 1.807) is 30.3 Å². The van der Waals surface area contributed by atoms with Crippen LogP contribution >= 0.6 is 23.1 Å². The molecule has 1 atom stereocenters. The summed E-state index contributed by atoms with van der Waals surface area (Å²) in [6, 6.07) is 9.61. The van der Waals surface area contributed by atoms with E-state index in [2.05, 4.69) is 4.98 Å². The molecule has 0 bridgehead atoms. The highest BCUT2D eigenvalue weighted by Crippen LogP contribution is 2.37. The van der Waals surface area contributed by atoms with Crippen LogP contribution in [0.3, 0.4) is 0 Å². The highest BCUT2D eigenvalue weighted by molar-refractivity contribution is 8.00. The Morgan fingerprint density at radius 3 is 2.70 bits per heavy atom. The second-order valence-electron chi connectivity index (χ2n) is 6.90. The minimum atomic E-state index is -0.448. The molecule has 7 heteroatoms. The van der Waals surface area contributed by atoms with Gasteiger partial charge in [-0.1, -0.05) is 42.1 Å². The maximum atomic E-state index is 12.8. The molecule has 0 aliphatic heterocycles. The molecule has 0 radical (unpaired) electrons. The number of aromatic amines is 1. The zero-order valence-corrected chi connectivity index (χ0v) is 17.0. The zero-order valence-electron chi connectivity index (χ0n) is 15.3. The van der Waals surface area contributed by atoms with Gasteiger partial charge in [-0.15, -0.1) is 11.3 Å². The van der Waals surface area contributed by atoms with Crippen LogP contribution in [0.15, 0.2) is 40.3 Å². The molecule has 1 aliphatic carbocycles. The smallest absolute Gasteiger partial charge is 0.260 e. The lowest BCUT2D eigenvalue weighted by atomic mass is 9.97. The number of H-pyrrole nitrogens is 1. The van der Waals surface area contributed by atoms with Crippen LogP contribution in [0.2, 0.25) is 0 Å². The van der Waals surface area contributed by atoms with Gasteiger partial charge < -0.3 is 9.88 Å². The van der Waals surface area contributed by atoms with E-state index in [9.17, 15) is 9.59 Å². The summed E-state index contributed by atoms with van der Waals surface area (Å²) in [7, 11) is 3.48. The summed E-state index contributed by atoms with van der Waals surface area (Å²) in [5.74, 6) is -0.0283. The number of benzene rings is 1. The van der Waals surface area contributed by atoms with Crippen LogP contribution in [0.1, 0.15) is 34.1 Å². The monoisotopic (exact) mass is 399 g/mol. The van der Waals surface area contributed by atoms with E-state index in [1.807, 2.05) is 30.3 Å². The summed E-state index contributed by atoms with van der Waals surface area (Å²) in [4.78, 5) is 36.8. The molecule has 0 saturated heterocycles. The average Bonchev–Trinajstić information content (AvgIpc) is 3.05. The summed E-state index contributed by atoms with van der Waals surface area (Å²) >= 11 is 2.93. The Morgan fingerprint density at radius 2 is 1.96 bits per heavy atom. The number of thioether (sulfide) groups is 1. The fraction of sp³-hybridized carbons (Fsp3) is 0.350. The van der Waals surface area contributed by atoms with E-state index in [1.165, 1.54) is 28.6 Å². The Hall–Kier alpha value is -2.12. The number of aryl methyl sites for hydroxylation is 2. The third-order valence-corrected chi connectivity index (χ3v) is 7.11. The van der Waals surface area contributed by atoms with Crippen LogP contribution in [0.25, 0.3) is 10.2 Å². The fourth-order valence-corrected chi connectivity index (χ4v) is 5.88. The molecule has 27 heavy (non-hydrogen) atoms. The number of carbonyl (C=O) groups excluding carboxylic acids is 1. The second kappa shape index (κ2) is 7.48. The number of nitrogens with zero attached hydrogens (tertiary/aromatic N) is 2. The van der Waals surface area contributed by atoms with Crippen molar-refractivity contribution in [3.63, 3.8) is 0 Å². The number of likely N-dealkylation sites (N-methyl/N-ethyl adjacent to an activating group) is 1. The molecule has 3 aromatic rings. The van der Waals surface area contributed by atoms with Gasteiger partial charge in [-0.25, -0.2) is 4.98 Å². The van der Waals surface area contributed by atoms with Crippen LogP contribution in [0.4, 0.5) is 0 Å². The van der Waals surface area contributed by atoms with Crippen LogP contribution in [-0.2, 0) is 17.6 Å². The molecule has 1 amide bonds. The topological polar surface area (TPSA) is 66.1 Å². The Balaban J connectivity index is 1.74. The van der Waals surface area contributed by atoms with Gasteiger partial charge in [0.2, 0.25) is 5.91 Å². The van der Waals surface area contributed by atoms with Crippen molar-refractivity contribution in [3.05, 3.63) is 56.7 Å². The largest absolute Gasteiger partial charge is 0.348 e. The van der Waals surface area contributed by atoms with E-state index < -0.39 is 5.25 Å². The fourth-order valence-electron chi connectivity index (χ4n) is 3.44. The Labute approximate surface area is 165 Å². The van der Waals surface area contributed by atoms with Crippen molar-refractivity contribution in [2.24, 2.45) is 0 Å². The Bertz CT molecular complexity index is 1040. The summed E-state index contributed by atoms with van der Waals surface area (Å²) in [5.41, 5.74) is 1.98. The minimum Gasteiger partial charge on any atom is -0.348 e. The predicted octanol–water partition coefficient (Wildman–Crippen LogP) is 3.79. The number of amides is 1. The maximum absolute atomic E-state index is 12.8. The lowest BCUT2D eigenvalue weighted by Gasteiger charge is -2.20. The average molecular weight is 400 g/mol. The van der Waals surface area contributed by atoms with Gasteiger partial charge in [0.25, 0.3) is 5.56 Å². The first-order valence-electron chi connectivity index (χ1n) is 9.02. The third kappa shape index (κ3) is 3.53. The van der Waals surface area contributed by atoms with Gasteiger partial charge in [0, 0.05) is 19.0 Å². The summed E-state index contributed by atoms with van der Waals surface area (Å²) < 4.78 is 0. The number of rotatable bonds is 4. The highest BCUT2D eigenvalue weighted by Gasteiger charge is 2.26. The van der Waals surface area contributed by atoms with Crippen molar-refractivity contribution in [2.45, 2.75) is 36.1 Å². The van der Waals surface area contributed by atoms with Gasteiger partial charge in [0.15, 0.2) is 5.16 Å². The predicted molar refractivity (Wildman–Crippen MR) is 111 cm³/mol. The van der Waals surface area contributed by atoms with E-state index in [0.717, 1.165) is 35.0 Å². The molecule has 1 aromatic carbocycles. The van der Waals surface area contributed by atoms with Gasteiger partial charge in [0.1, 0.15) is 10.1 Å². The van der Waals surface area contributed by atoms with Gasteiger partial charge in [0.05, 0.1) is 5.39 Å². The Morgan fingerprint density at radius 1 is 1.22 bits per heavy atom. The van der Waals surface area contributed by atoms with E-state index in [0.29, 0.717) is 5.16 Å². The molecule has 2 aromatic heterocycles. The van der Waals surface area contributed by atoms with Crippen molar-refractivity contribution in [2.75, 3.05) is 14.1 Å². The number of fused-ring (bicyclic) bond motifs is 3. The van der Waals surface area contributed by atoms with Crippen molar-refractivity contribution >= 4 is 39.2 Å². The number of hydrogen-bond donors (Lipinski definition) is 1. The molecular formula is C20H21N3O2S2. The van der Waals surface area contributed by atoms with Crippen LogP contribution in [0, 0.1) is 0 Å². The normalized spacial score (nSPS) is 14.7. The van der Waals surface area contributed by atoms with Gasteiger partial charge >= 0.3 is 0 Å². The third-order valence-electron chi connectivity index (χ3n) is 4.80. The molecule has 1 aliphatic rings. The number of hydrogen-bond acceptors (Lipinski definition) is 5. The SMILES string of the molecule is CN(C)C(=O)[C@H](Sc1nc2sc3c(c2c(=O)[nH]1)CCCC3)c1ccccc1. The lowest BCUT2D eigenvalue weighted by Crippen LogP contribution is -2.27. The van der Waals surface area contributed by atoms with Crippen molar-refractivity contribution < 1.29 is 4.79 Å². The molecule has 2 heterocycles. The maximum Gasteiger partial charge on any atom is 0.260 e. The zero-order chi connectivity index (χ0) is 19.0. The quantitative estimate of drug-likeness (QED) is 0.535. The first-order valence-corrected chi connectivity index (χ1v) is 10.7. The van der Waals surface area contributed by atoms with E-state index >= 15 is 0 Å². The molecule has 0 fully saturated rings. The number of thiophene rings is 1. The van der Waals surface area contributed by atoms with Gasteiger partial charge in [-0.3, -0.25) is 9.59 Å². The van der Waals surface area contributed by atoms with Crippen molar-refractivity contribution in [1.82, 2.24) is 14.9 Å². The molecule has 5 nitrogen and oxygen atoms in total. The minimum absolute atomic E-state index is 0.0283. The lowest BCUT2D eigenvalue weighted by molar-refractivity contribution is -0.128. The second-order valence-corrected chi connectivity index (χ2v) is 9.08.